The molecule has 0 aliphatic carbocycles. The highest BCUT2D eigenvalue weighted by Gasteiger charge is 2.21. The molecule has 0 saturated carbocycles. The lowest BCUT2D eigenvalue weighted by molar-refractivity contribution is 0.0950. The van der Waals surface area contributed by atoms with Crippen LogP contribution in [0.4, 0.5) is 5.69 Å². The third-order valence-corrected chi connectivity index (χ3v) is 7.92. The number of hydrogen-bond donors (Lipinski definition) is 2. The maximum Gasteiger partial charge on any atom is 0.263 e. The van der Waals surface area contributed by atoms with Crippen molar-refractivity contribution in [2.75, 3.05) is 30.9 Å². The molecule has 8 heteroatoms. The van der Waals surface area contributed by atoms with Crippen molar-refractivity contribution in [3.63, 3.8) is 0 Å². The Morgan fingerprint density at radius 2 is 1.81 bits per heavy atom. The summed E-state index contributed by atoms with van der Waals surface area (Å²) in [6.45, 7) is 9.87. The number of sulfonamides is 1. The Balaban J connectivity index is 1.61. The van der Waals surface area contributed by atoms with Crippen LogP contribution in [-0.4, -0.2) is 45.4 Å². The Bertz CT molecular complexity index is 1060. The van der Waals surface area contributed by atoms with Crippen molar-refractivity contribution in [2.24, 2.45) is 5.92 Å². The molecule has 0 radical (unpaired) electrons. The first-order valence-electron chi connectivity index (χ1n) is 11.1. The fraction of sp³-hybridized carbons (Fsp3) is 0.458. The molecule has 1 aliphatic rings. The van der Waals surface area contributed by atoms with E-state index in [0.29, 0.717) is 12.2 Å². The molecular weight excluding hydrogens is 446 g/mol. The molecule has 2 aromatic carbocycles. The number of aryl methyl sites for hydroxylation is 2. The summed E-state index contributed by atoms with van der Waals surface area (Å²) in [5, 5.41) is 2.95. The van der Waals surface area contributed by atoms with E-state index in [1.54, 1.807) is 18.2 Å². The number of likely N-dealkylation sites (tertiary alicyclic amines) is 1. The number of anilines is 1. The van der Waals surface area contributed by atoms with E-state index in [1.165, 1.54) is 25.0 Å². The Hall–Kier alpha value is -2.09. The summed E-state index contributed by atoms with van der Waals surface area (Å²) < 4.78 is 28.4. The summed E-state index contributed by atoms with van der Waals surface area (Å²) in [5.74, 6) is 0.488. The Morgan fingerprint density at radius 1 is 1.09 bits per heavy atom. The summed E-state index contributed by atoms with van der Waals surface area (Å²) in [4.78, 5) is 14.9. The monoisotopic (exact) mass is 477 g/mol. The molecule has 1 heterocycles. The van der Waals surface area contributed by atoms with Gasteiger partial charge in [-0.1, -0.05) is 24.6 Å². The van der Waals surface area contributed by atoms with Crippen molar-refractivity contribution < 1.29 is 13.2 Å². The first kappa shape index (κ1) is 24.6. The lowest BCUT2D eigenvalue weighted by Gasteiger charge is -2.30. The Kier molecular flexibility index (Phi) is 8.20. The molecule has 1 fully saturated rings. The van der Waals surface area contributed by atoms with Crippen LogP contribution in [0.15, 0.2) is 41.3 Å². The van der Waals surface area contributed by atoms with Gasteiger partial charge in [0, 0.05) is 17.8 Å². The lowest BCUT2D eigenvalue weighted by atomic mass is 9.99. The molecule has 174 valence electrons. The fourth-order valence-electron chi connectivity index (χ4n) is 3.76. The van der Waals surface area contributed by atoms with Gasteiger partial charge in [0.05, 0.1) is 5.02 Å². The fourth-order valence-corrected chi connectivity index (χ4v) is 5.33. The van der Waals surface area contributed by atoms with Crippen molar-refractivity contribution in [3.8, 4) is 0 Å². The van der Waals surface area contributed by atoms with Gasteiger partial charge in [-0.3, -0.25) is 9.52 Å². The number of carbonyl (C=O) groups is 1. The number of amides is 1. The van der Waals surface area contributed by atoms with Crippen LogP contribution in [0, 0.1) is 19.8 Å². The molecule has 0 atom stereocenters. The summed E-state index contributed by atoms with van der Waals surface area (Å²) in [6.07, 6.45) is 3.31. The second-order valence-corrected chi connectivity index (χ2v) is 10.7. The third-order valence-electron chi connectivity index (χ3n) is 6.05. The molecule has 0 unspecified atom stereocenters. The molecule has 0 aromatic heterocycles. The zero-order valence-electron chi connectivity index (χ0n) is 18.9. The molecule has 1 amide bonds. The van der Waals surface area contributed by atoms with Crippen molar-refractivity contribution in [3.05, 3.63) is 58.1 Å². The molecule has 1 aliphatic heterocycles. The molecular formula is C24H32ClN3O3S. The molecule has 1 saturated heterocycles. The van der Waals surface area contributed by atoms with Crippen LogP contribution in [0.3, 0.4) is 0 Å². The topological polar surface area (TPSA) is 78.5 Å². The maximum absolute atomic E-state index is 12.9. The Morgan fingerprint density at radius 3 is 2.50 bits per heavy atom. The average molecular weight is 478 g/mol. The second-order valence-electron chi connectivity index (χ2n) is 8.68. The van der Waals surface area contributed by atoms with Crippen LogP contribution in [0.25, 0.3) is 0 Å². The number of carbonyl (C=O) groups excluding carboxylic acids is 1. The minimum absolute atomic E-state index is 0.0669. The molecule has 6 nitrogen and oxygen atoms in total. The van der Waals surface area contributed by atoms with Crippen LogP contribution in [0.5, 0.6) is 0 Å². The van der Waals surface area contributed by atoms with Crippen LogP contribution >= 0.6 is 11.6 Å². The molecule has 2 N–H and O–H groups in total. The van der Waals surface area contributed by atoms with Gasteiger partial charge >= 0.3 is 0 Å². The van der Waals surface area contributed by atoms with Gasteiger partial charge < -0.3 is 10.2 Å². The van der Waals surface area contributed by atoms with Crippen molar-refractivity contribution in [2.45, 2.75) is 44.9 Å². The number of piperidine rings is 1. The average Bonchev–Trinajstić information content (AvgIpc) is 2.75. The van der Waals surface area contributed by atoms with E-state index >= 15 is 0 Å². The molecule has 3 rings (SSSR count). The predicted octanol–water partition coefficient (Wildman–Crippen LogP) is 4.61. The van der Waals surface area contributed by atoms with E-state index in [0.717, 1.165) is 43.1 Å². The van der Waals surface area contributed by atoms with E-state index in [-0.39, 0.29) is 21.4 Å². The number of hydrogen-bond acceptors (Lipinski definition) is 4. The van der Waals surface area contributed by atoms with E-state index in [9.17, 15) is 13.2 Å². The summed E-state index contributed by atoms with van der Waals surface area (Å²) in [5.41, 5.74) is 2.76. The van der Waals surface area contributed by atoms with Crippen molar-refractivity contribution in [1.82, 2.24) is 10.2 Å². The number of nitrogens with one attached hydrogen (secondary N) is 2. The van der Waals surface area contributed by atoms with Gasteiger partial charge in [0.15, 0.2) is 0 Å². The second kappa shape index (κ2) is 10.7. The van der Waals surface area contributed by atoms with Gasteiger partial charge in [-0.25, -0.2) is 8.42 Å². The molecule has 32 heavy (non-hydrogen) atoms. The van der Waals surface area contributed by atoms with Crippen LogP contribution in [0.1, 0.15) is 47.7 Å². The number of halogens is 1. The molecule has 0 bridgehead atoms. The van der Waals surface area contributed by atoms with Gasteiger partial charge in [-0.15, -0.1) is 0 Å². The minimum atomic E-state index is -3.94. The van der Waals surface area contributed by atoms with Gasteiger partial charge in [0.2, 0.25) is 0 Å². The minimum Gasteiger partial charge on any atom is -0.352 e. The predicted molar refractivity (Wildman–Crippen MR) is 130 cm³/mol. The third kappa shape index (κ3) is 6.47. The zero-order valence-corrected chi connectivity index (χ0v) is 20.5. The highest BCUT2D eigenvalue weighted by Crippen LogP contribution is 2.26. The molecule has 2 aromatic rings. The van der Waals surface area contributed by atoms with Gasteiger partial charge in [-0.05, 0) is 100 Å². The normalized spacial score (nSPS) is 15.5. The standard InChI is InChI=1S/C24H32ClN3O3S/c1-17-9-13-28(14-10-17)12-4-11-26-24(29)20-6-8-22(25)23(16-20)32(30,31)27-21-7-5-18(2)19(3)15-21/h5-8,15-17,27H,4,9-14H2,1-3H3,(H,26,29). The van der Waals surface area contributed by atoms with Crippen LogP contribution in [0.2, 0.25) is 5.02 Å². The van der Waals surface area contributed by atoms with E-state index in [2.05, 4.69) is 21.9 Å². The Labute approximate surface area is 196 Å². The number of benzene rings is 2. The first-order chi connectivity index (χ1) is 15.2. The van der Waals surface area contributed by atoms with Crippen molar-refractivity contribution in [1.29, 1.82) is 0 Å². The van der Waals surface area contributed by atoms with E-state index < -0.39 is 10.0 Å². The maximum atomic E-state index is 12.9. The largest absolute Gasteiger partial charge is 0.352 e. The quantitative estimate of drug-likeness (QED) is 0.544. The van der Waals surface area contributed by atoms with Gasteiger partial charge in [0.25, 0.3) is 15.9 Å². The highest BCUT2D eigenvalue weighted by atomic mass is 35.5. The van der Waals surface area contributed by atoms with Crippen LogP contribution < -0.4 is 10.0 Å². The first-order valence-corrected chi connectivity index (χ1v) is 12.9. The van der Waals surface area contributed by atoms with Gasteiger partial charge in [0.1, 0.15) is 4.90 Å². The zero-order chi connectivity index (χ0) is 23.3. The lowest BCUT2D eigenvalue weighted by Crippen LogP contribution is -2.35. The smallest absolute Gasteiger partial charge is 0.263 e. The van der Waals surface area contributed by atoms with Crippen LogP contribution in [-0.2, 0) is 10.0 Å². The number of nitrogens with zero attached hydrogens (tertiary/aromatic N) is 1. The summed E-state index contributed by atoms with van der Waals surface area (Å²) in [7, 11) is -3.94. The highest BCUT2D eigenvalue weighted by molar-refractivity contribution is 7.92. The number of rotatable bonds is 8. The SMILES string of the molecule is Cc1ccc(NS(=O)(=O)c2cc(C(=O)NCCCN3CCC(C)CC3)ccc2Cl)cc1C. The summed E-state index contributed by atoms with van der Waals surface area (Å²) in [6, 6.07) is 9.63. The van der Waals surface area contributed by atoms with Crippen molar-refractivity contribution >= 4 is 33.2 Å². The van der Waals surface area contributed by atoms with E-state index in [4.69, 9.17) is 11.6 Å². The van der Waals surface area contributed by atoms with Gasteiger partial charge in [-0.2, -0.15) is 0 Å². The molecule has 0 spiro atoms. The summed E-state index contributed by atoms with van der Waals surface area (Å²) >= 11 is 6.17. The van der Waals surface area contributed by atoms with E-state index in [1.807, 2.05) is 19.9 Å².